The highest BCUT2D eigenvalue weighted by molar-refractivity contribution is 7.92. The summed E-state index contributed by atoms with van der Waals surface area (Å²) < 4.78 is 44.2. The van der Waals surface area contributed by atoms with Crippen LogP contribution in [0.2, 0.25) is 0 Å². The Hall–Kier alpha value is -3.45. The third kappa shape index (κ3) is 3.80. The summed E-state index contributed by atoms with van der Waals surface area (Å²) in [7, 11) is -3.92. The lowest BCUT2D eigenvalue weighted by Gasteiger charge is -2.25. The van der Waals surface area contributed by atoms with Gasteiger partial charge in [-0.2, -0.15) is 0 Å². The summed E-state index contributed by atoms with van der Waals surface area (Å²) in [6.07, 6.45) is 3.50. The lowest BCUT2D eigenvalue weighted by molar-refractivity contribution is 0.589. The minimum atomic E-state index is -3.92. The smallest absolute Gasteiger partial charge is 0.264 e. The molecule has 0 aliphatic carbocycles. The topological polar surface area (TPSA) is 55.2 Å². The van der Waals surface area contributed by atoms with Gasteiger partial charge in [-0.05, 0) is 61.9 Å². The van der Waals surface area contributed by atoms with E-state index in [1.807, 2.05) is 19.9 Å². The Kier molecular flexibility index (Phi) is 5.84. The van der Waals surface area contributed by atoms with Crippen molar-refractivity contribution in [1.29, 1.82) is 0 Å². The highest BCUT2D eigenvalue weighted by atomic mass is 32.2. The SMILES string of the molecule is C=CCn1c(C)c(C)c2ccnc(CN(c3ccc(F)cc3)S(=O)(=O)c3ccccc3)c21. The number of pyridine rings is 1. The fourth-order valence-corrected chi connectivity index (χ4v) is 5.36. The van der Waals surface area contributed by atoms with Crippen LogP contribution in [0.25, 0.3) is 10.9 Å². The molecule has 164 valence electrons. The molecule has 7 heteroatoms. The van der Waals surface area contributed by atoms with Crippen LogP contribution >= 0.6 is 0 Å². The standard InChI is InChI=1S/C25H24FN3O2S/c1-4-16-28-19(3)18(2)23-14-15-27-24(25(23)28)17-29(21-12-10-20(26)11-13-21)32(30,31)22-8-6-5-7-9-22/h4-15H,1,16-17H2,2-3H3. The quantitative estimate of drug-likeness (QED) is 0.356. The number of nitrogens with zero attached hydrogens (tertiary/aromatic N) is 3. The summed E-state index contributed by atoms with van der Waals surface area (Å²) in [5.41, 5.74) is 4.05. The second-order valence-corrected chi connectivity index (χ2v) is 9.43. The monoisotopic (exact) mass is 449 g/mol. The van der Waals surface area contributed by atoms with Gasteiger partial charge in [0.2, 0.25) is 0 Å². The molecule has 32 heavy (non-hydrogen) atoms. The molecule has 0 radical (unpaired) electrons. The molecule has 0 aliphatic heterocycles. The molecule has 0 saturated carbocycles. The first kappa shape index (κ1) is 21.8. The van der Waals surface area contributed by atoms with Gasteiger partial charge in [0.25, 0.3) is 10.0 Å². The predicted molar refractivity (Wildman–Crippen MR) is 126 cm³/mol. The van der Waals surface area contributed by atoms with Gasteiger partial charge in [-0.25, -0.2) is 12.8 Å². The molecule has 5 nitrogen and oxygen atoms in total. The Balaban J connectivity index is 1.91. The number of halogens is 1. The van der Waals surface area contributed by atoms with Crippen molar-refractivity contribution < 1.29 is 12.8 Å². The van der Waals surface area contributed by atoms with Crippen LogP contribution in [-0.2, 0) is 23.1 Å². The lowest BCUT2D eigenvalue weighted by Crippen LogP contribution is -2.31. The van der Waals surface area contributed by atoms with Gasteiger partial charge in [0.05, 0.1) is 28.3 Å². The van der Waals surface area contributed by atoms with E-state index in [0.717, 1.165) is 22.2 Å². The average molecular weight is 450 g/mol. The summed E-state index contributed by atoms with van der Waals surface area (Å²) in [6, 6.07) is 15.6. The molecule has 0 bridgehead atoms. The van der Waals surface area contributed by atoms with Gasteiger partial charge >= 0.3 is 0 Å². The molecule has 0 fully saturated rings. The van der Waals surface area contributed by atoms with E-state index in [-0.39, 0.29) is 11.4 Å². The Labute approximate surface area is 187 Å². The maximum atomic E-state index is 13.6. The number of hydrogen-bond acceptors (Lipinski definition) is 3. The first-order valence-electron chi connectivity index (χ1n) is 10.2. The minimum absolute atomic E-state index is 0.000234. The van der Waals surface area contributed by atoms with E-state index >= 15 is 0 Å². The highest BCUT2D eigenvalue weighted by Crippen LogP contribution is 2.31. The molecule has 0 spiro atoms. The molecular weight excluding hydrogens is 425 g/mol. The fourth-order valence-electron chi connectivity index (χ4n) is 3.92. The van der Waals surface area contributed by atoms with Crippen LogP contribution in [0, 0.1) is 19.7 Å². The van der Waals surface area contributed by atoms with Crippen molar-refractivity contribution in [1.82, 2.24) is 9.55 Å². The molecule has 0 unspecified atom stereocenters. The van der Waals surface area contributed by atoms with Crippen molar-refractivity contribution in [2.75, 3.05) is 4.31 Å². The maximum absolute atomic E-state index is 13.6. The van der Waals surface area contributed by atoms with E-state index in [0.29, 0.717) is 17.9 Å². The van der Waals surface area contributed by atoms with Gasteiger partial charge < -0.3 is 4.57 Å². The Bertz CT molecular complexity index is 1380. The molecule has 2 aromatic heterocycles. The number of allylic oxidation sites excluding steroid dienone is 1. The van der Waals surface area contributed by atoms with Crippen molar-refractivity contribution >= 4 is 26.6 Å². The normalized spacial score (nSPS) is 11.6. The van der Waals surface area contributed by atoms with Gasteiger partial charge in [0, 0.05) is 23.8 Å². The second-order valence-electron chi connectivity index (χ2n) is 7.56. The third-order valence-corrected chi connectivity index (χ3v) is 7.46. The van der Waals surface area contributed by atoms with Crippen LogP contribution in [0.1, 0.15) is 17.0 Å². The number of anilines is 1. The van der Waals surface area contributed by atoms with Gasteiger partial charge in [0.15, 0.2) is 0 Å². The third-order valence-electron chi connectivity index (χ3n) is 5.67. The first-order chi connectivity index (χ1) is 15.3. The number of hydrogen-bond donors (Lipinski definition) is 0. The number of rotatable bonds is 7. The van der Waals surface area contributed by atoms with Crippen molar-refractivity contribution in [2.45, 2.75) is 31.8 Å². The zero-order valence-electron chi connectivity index (χ0n) is 18.0. The summed E-state index contributed by atoms with van der Waals surface area (Å²) >= 11 is 0. The van der Waals surface area contributed by atoms with Gasteiger partial charge in [-0.1, -0.05) is 24.3 Å². The summed E-state index contributed by atoms with van der Waals surface area (Å²) in [5.74, 6) is -0.433. The van der Waals surface area contributed by atoms with Crippen LogP contribution in [0.3, 0.4) is 0 Å². The van der Waals surface area contributed by atoms with Crippen molar-refractivity contribution in [3.63, 3.8) is 0 Å². The predicted octanol–water partition coefficient (Wildman–Crippen LogP) is 5.37. The van der Waals surface area contributed by atoms with E-state index in [1.54, 1.807) is 42.6 Å². The molecule has 0 N–H and O–H groups in total. The van der Waals surface area contributed by atoms with Crippen LogP contribution in [0.5, 0.6) is 0 Å². The van der Waals surface area contributed by atoms with Crippen LogP contribution in [-0.4, -0.2) is 18.0 Å². The van der Waals surface area contributed by atoms with Crippen LogP contribution in [0.4, 0.5) is 10.1 Å². The largest absolute Gasteiger partial charge is 0.339 e. The number of aromatic nitrogens is 2. The van der Waals surface area contributed by atoms with E-state index in [9.17, 15) is 12.8 Å². The van der Waals surface area contributed by atoms with Gasteiger partial charge in [-0.15, -0.1) is 6.58 Å². The zero-order chi connectivity index (χ0) is 22.9. The summed E-state index contributed by atoms with van der Waals surface area (Å²) in [5, 5.41) is 1.02. The molecule has 0 amide bonds. The zero-order valence-corrected chi connectivity index (χ0v) is 18.8. The Morgan fingerprint density at radius 3 is 2.41 bits per heavy atom. The lowest BCUT2D eigenvalue weighted by atomic mass is 10.1. The van der Waals surface area contributed by atoms with Crippen LogP contribution in [0.15, 0.2) is 84.4 Å². The molecule has 2 aromatic carbocycles. The highest BCUT2D eigenvalue weighted by Gasteiger charge is 2.27. The number of sulfonamides is 1. The molecular formula is C25H24FN3O2S. The fraction of sp³-hybridized carbons (Fsp3) is 0.160. The van der Waals surface area contributed by atoms with Gasteiger partial charge in [-0.3, -0.25) is 9.29 Å². The van der Waals surface area contributed by atoms with Gasteiger partial charge in [0.1, 0.15) is 5.82 Å². The van der Waals surface area contributed by atoms with Crippen molar-refractivity contribution in [2.24, 2.45) is 0 Å². The number of benzene rings is 2. The van der Waals surface area contributed by atoms with Crippen molar-refractivity contribution in [3.05, 3.63) is 102 Å². The molecule has 0 aliphatic rings. The molecule has 4 aromatic rings. The molecule has 4 rings (SSSR count). The molecule has 0 saturated heterocycles. The summed E-state index contributed by atoms with van der Waals surface area (Å²) in [6.45, 7) is 8.51. The number of aryl methyl sites for hydroxylation is 1. The van der Waals surface area contributed by atoms with E-state index in [2.05, 4.69) is 16.1 Å². The first-order valence-corrected chi connectivity index (χ1v) is 11.7. The molecule has 0 atom stereocenters. The van der Waals surface area contributed by atoms with Crippen LogP contribution < -0.4 is 4.31 Å². The average Bonchev–Trinajstić information content (AvgIpc) is 3.04. The van der Waals surface area contributed by atoms with E-state index in [1.165, 1.54) is 28.6 Å². The molecule has 2 heterocycles. The van der Waals surface area contributed by atoms with E-state index in [4.69, 9.17) is 0 Å². The van der Waals surface area contributed by atoms with Crippen molar-refractivity contribution in [3.8, 4) is 0 Å². The van der Waals surface area contributed by atoms with E-state index < -0.39 is 15.8 Å². The maximum Gasteiger partial charge on any atom is 0.264 e. The minimum Gasteiger partial charge on any atom is -0.339 e. The Morgan fingerprint density at radius 2 is 1.75 bits per heavy atom. The Morgan fingerprint density at radius 1 is 1.06 bits per heavy atom. The number of fused-ring (bicyclic) bond motifs is 1. The summed E-state index contributed by atoms with van der Waals surface area (Å²) in [4.78, 5) is 4.72. The second kappa shape index (κ2) is 8.59.